The molecule has 9 heteroatoms. The summed E-state index contributed by atoms with van der Waals surface area (Å²) in [6.07, 6.45) is 0. The van der Waals surface area contributed by atoms with E-state index in [0.29, 0.717) is 5.69 Å². The number of carbonyl (C=O) groups is 1. The van der Waals surface area contributed by atoms with Gasteiger partial charge < -0.3 is 5.32 Å². The molecular formula is C17H19N3O5S. The first-order chi connectivity index (χ1) is 12.0. The minimum atomic E-state index is -3.69. The van der Waals surface area contributed by atoms with Gasteiger partial charge >= 0.3 is 0 Å². The average molecular weight is 377 g/mol. The molecule has 0 aliphatic carbocycles. The van der Waals surface area contributed by atoms with Gasteiger partial charge in [0.25, 0.3) is 11.6 Å². The summed E-state index contributed by atoms with van der Waals surface area (Å²) in [4.78, 5) is 22.7. The second kappa shape index (κ2) is 7.22. The summed E-state index contributed by atoms with van der Waals surface area (Å²) in [7, 11) is -3.69. The van der Waals surface area contributed by atoms with Crippen LogP contribution in [0.3, 0.4) is 0 Å². The number of nitrogens with zero attached hydrogens (tertiary/aromatic N) is 1. The minimum absolute atomic E-state index is 0.0520. The van der Waals surface area contributed by atoms with E-state index >= 15 is 0 Å². The molecule has 1 amide bonds. The number of nitro groups is 1. The van der Waals surface area contributed by atoms with Crippen LogP contribution in [0, 0.1) is 10.1 Å². The topological polar surface area (TPSA) is 118 Å². The highest BCUT2D eigenvalue weighted by Crippen LogP contribution is 2.21. The van der Waals surface area contributed by atoms with Crippen molar-refractivity contribution < 1.29 is 18.1 Å². The summed E-state index contributed by atoms with van der Waals surface area (Å²) in [5, 5.41) is 13.5. The smallest absolute Gasteiger partial charge is 0.282 e. The first-order valence-corrected chi connectivity index (χ1v) is 9.17. The number of benzene rings is 2. The van der Waals surface area contributed by atoms with E-state index in [4.69, 9.17) is 0 Å². The lowest BCUT2D eigenvalue weighted by atomic mass is 10.1. The fourth-order valence-electron chi connectivity index (χ4n) is 2.20. The quantitative estimate of drug-likeness (QED) is 0.613. The number of nitro benzene ring substituents is 1. The average Bonchev–Trinajstić information content (AvgIpc) is 2.53. The van der Waals surface area contributed by atoms with E-state index in [1.165, 1.54) is 48.5 Å². The Balaban J connectivity index is 2.20. The van der Waals surface area contributed by atoms with Crippen molar-refractivity contribution in [3.63, 3.8) is 0 Å². The molecule has 138 valence electrons. The number of anilines is 1. The maximum Gasteiger partial charge on any atom is 0.282 e. The molecule has 0 unspecified atom stereocenters. The molecule has 0 saturated carbocycles. The van der Waals surface area contributed by atoms with Crippen molar-refractivity contribution in [1.29, 1.82) is 0 Å². The Morgan fingerprint density at radius 1 is 1.04 bits per heavy atom. The zero-order valence-electron chi connectivity index (χ0n) is 14.5. The molecule has 0 fully saturated rings. The van der Waals surface area contributed by atoms with Gasteiger partial charge in [-0.25, -0.2) is 13.1 Å². The Kier molecular flexibility index (Phi) is 5.43. The number of sulfonamides is 1. The van der Waals surface area contributed by atoms with Crippen LogP contribution in [0.5, 0.6) is 0 Å². The Morgan fingerprint density at radius 2 is 1.62 bits per heavy atom. The van der Waals surface area contributed by atoms with Crippen molar-refractivity contribution in [2.75, 3.05) is 5.32 Å². The third kappa shape index (κ3) is 4.87. The first kappa shape index (κ1) is 19.5. The molecule has 0 atom stereocenters. The maximum absolute atomic E-state index is 12.3. The third-order valence-electron chi connectivity index (χ3n) is 3.21. The Labute approximate surface area is 151 Å². The number of rotatable bonds is 5. The fraction of sp³-hybridized carbons (Fsp3) is 0.235. The van der Waals surface area contributed by atoms with Gasteiger partial charge in [-0.1, -0.05) is 12.1 Å². The van der Waals surface area contributed by atoms with Gasteiger partial charge in [0.15, 0.2) is 0 Å². The van der Waals surface area contributed by atoms with Crippen LogP contribution >= 0.6 is 0 Å². The van der Waals surface area contributed by atoms with Crippen LogP contribution in [-0.4, -0.2) is 24.8 Å². The van der Waals surface area contributed by atoms with E-state index in [1.807, 2.05) is 0 Å². The van der Waals surface area contributed by atoms with Crippen LogP contribution in [0.1, 0.15) is 31.1 Å². The Bertz CT molecular complexity index is 932. The van der Waals surface area contributed by atoms with E-state index in [0.717, 1.165) is 0 Å². The van der Waals surface area contributed by atoms with E-state index in [-0.39, 0.29) is 16.1 Å². The molecule has 0 aliphatic rings. The third-order valence-corrected chi connectivity index (χ3v) is 4.98. The van der Waals surface area contributed by atoms with Crippen molar-refractivity contribution in [2.45, 2.75) is 31.2 Å². The first-order valence-electron chi connectivity index (χ1n) is 7.68. The normalized spacial score (nSPS) is 11.8. The number of para-hydroxylation sites is 1. The molecule has 0 heterocycles. The summed E-state index contributed by atoms with van der Waals surface area (Å²) in [6.45, 7) is 5.18. The number of nitrogens with one attached hydrogen (secondary N) is 2. The molecule has 0 spiro atoms. The lowest BCUT2D eigenvalue weighted by molar-refractivity contribution is -0.385. The molecule has 0 aliphatic heterocycles. The molecule has 0 aromatic heterocycles. The van der Waals surface area contributed by atoms with Crippen LogP contribution < -0.4 is 10.0 Å². The molecule has 2 N–H and O–H groups in total. The van der Waals surface area contributed by atoms with Crippen molar-refractivity contribution in [3.05, 3.63) is 64.2 Å². The summed E-state index contributed by atoms with van der Waals surface area (Å²) in [5.74, 6) is -0.652. The predicted octanol–water partition coefficient (Wildman–Crippen LogP) is 2.92. The van der Waals surface area contributed by atoms with Crippen molar-refractivity contribution in [1.82, 2.24) is 4.72 Å². The second-order valence-corrected chi connectivity index (χ2v) is 8.29. The summed E-state index contributed by atoms with van der Waals surface area (Å²) in [5.41, 5.74) is -0.692. The molecule has 2 aromatic rings. The van der Waals surface area contributed by atoms with Gasteiger partial charge in [0.2, 0.25) is 10.0 Å². The Morgan fingerprint density at radius 3 is 2.15 bits per heavy atom. The largest absolute Gasteiger partial charge is 0.322 e. The molecule has 8 nitrogen and oxygen atoms in total. The lowest BCUT2D eigenvalue weighted by Crippen LogP contribution is -2.40. The number of carbonyl (C=O) groups excluding carboxylic acids is 1. The highest BCUT2D eigenvalue weighted by atomic mass is 32.2. The SMILES string of the molecule is CC(C)(C)NS(=O)(=O)c1ccc(NC(=O)c2ccccc2[N+](=O)[O-])cc1. The van der Waals surface area contributed by atoms with Crippen LogP contribution in [0.2, 0.25) is 0 Å². The maximum atomic E-state index is 12.3. The highest BCUT2D eigenvalue weighted by molar-refractivity contribution is 7.89. The van der Waals surface area contributed by atoms with Gasteiger partial charge in [-0.2, -0.15) is 0 Å². The highest BCUT2D eigenvalue weighted by Gasteiger charge is 2.22. The summed E-state index contributed by atoms with van der Waals surface area (Å²) in [6, 6.07) is 11.1. The molecule has 2 aromatic carbocycles. The molecule has 0 bridgehead atoms. The van der Waals surface area contributed by atoms with Crippen LogP contribution in [0.25, 0.3) is 0 Å². The standard InChI is InChI=1S/C17H19N3O5S/c1-17(2,3)19-26(24,25)13-10-8-12(9-11-13)18-16(21)14-6-4-5-7-15(14)20(22)23/h4-11,19H,1-3H3,(H,18,21). The second-order valence-electron chi connectivity index (χ2n) is 6.61. The fourth-order valence-corrected chi connectivity index (χ4v) is 3.62. The zero-order chi connectivity index (χ0) is 19.5. The van der Waals surface area contributed by atoms with E-state index < -0.39 is 26.4 Å². The van der Waals surface area contributed by atoms with Crippen LogP contribution in [0.4, 0.5) is 11.4 Å². The van der Waals surface area contributed by atoms with Crippen molar-refractivity contribution in [2.24, 2.45) is 0 Å². The van der Waals surface area contributed by atoms with E-state index in [2.05, 4.69) is 10.0 Å². The zero-order valence-corrected chi connectivity index (χ0v) is 15.3. The van der Waals surface area contributed by atoms with Gasteiger partial charge in [0.05, 0.1) is 9.82 Å². The monoisotopic (exact) mass is 377 g/mol. The molecule has 26 heavy (non-hydrogen) atoms. The van der Waals surface area contributed by atoms with Gasteiger partial charge in [-0.05, 0) is 51.1 Å². The minimum Gasteiger partial charge on any atom is -0.322 e. The van der Waals surface area contributed by atoms with Gasteiger partial charge in [0, 0.05) is 17.3 Å². The molecule has 0 radical (unpaired) electrons. The number of amides is 1. The predicted molar refractivity (Wildman–Crippen MR) is 97.6 cm³/mol. The lowest BCUT2D eigenvalue weighted by Gasteiger charge is -2.20. The van der Waals surface area contributed by atoms with Crippen LogP contribution in [0.15, 0.2) is 53.4 Å². The van der Waals surface area contributed by atoms with Gasteiger partial charge in [0.1, 0.15) is 5.56 Å². The van der Waals surface area contributed by atoms with Crippen molar-refractivity contribution in [3.8, 4) is 0 Å². The summed E-state index contributed by atoms with van der Waals surface area (Å²) >= 11 is 0. The number of hydrogen-bond acceptors (Lipinski definition) is 5. The van der Waals surface area contributed by atoms with E-state index in [9.17, 15) is 23.3 Å². The summed E-state index contributed by atoms with van der Waals surface area (Å²) < 4.78 is 27.0. The molecule has 2 rings (SSSR count). The van der Waals surface area contributed by atoms with Crippen LogP contribution in [-0.2, 0) is 10.0 Å². The van der Waals surface area contributed by atoms with E-state index in [1.54, 1.807) is 20.8 Å². The Hall–Kier alpha value is -2.78. The molecule has 0 saturated heterocycles. The van der Waals surface area contributed by atoms with Gasteiger partial charge in [-0.3, -0.25) is 14.9 Å². The van der Waals surface area contributed by atoms with Crippen molar-refractivity contribution >= 4 is 27.3 Å². The molecular weight excluding hydrogens is 358 g/mol. The number of hydrogen-bond donors (Lipinski definition) is 2. The van der Waals surface area contributed by atoms with Gasteiger partial charge in [-0.15, -0.1) is 0 Å².